The molecular weight excluding hydrogens is 226 g/mol. The first-order chi connectivity index (χ1) is 7.77. The van der Waals surface area contributed by atoms with Crippen LogP contribution in [0.1, 0.15) is 12.5 Å². The number of aliphatic imine (C=N–C) groups is 1. The Kier molecular flexibility index (Phi) is 2.96. The first-order valence-electron chi connectivity index (χ1n) is 4.80. The lowest BCUT2D eigenvalue weighted by Gasteiger charge is -2.00. The second-order valence-corrected chi connectivity index (χ2v) is 3.69. The molecular formula is C11H9NO3S. The number of nitrogens with zero attached hydrogens (tertiary/aromatic N) is 1. The highest BCUT2D eigenvalue weighted by Gasteiger charge is 2.28. The van der Waals surface area contributed by atoms with Crippen molar-refractivity contribution in [3.05, 3.63) is 29.8 Å². The highest BCUT2D eigenvalue weighted by Crippen LogP contribution is 2.26. The van der Waals surface area contributed by atoms with Crippen LogP contribution in [0.4, 0.5) is 5.69 Å². The first kappa shape index (κ1) is 10.8. The van der Waals surface area contributed by atoms with Crippen molar-refractivity contribution < 1.29 is 13.7 Å². The number of hydrogen-bond donors (Lipinski definition) is 0. The largest absolute Gasteiger partial charge is 0.461 e. The maximum atomic E-state index is 11.6. The Morgan fingerprint density at radius 3 is 2.88 bits per heavy atom. The molecule has 0 amide bonds. The summed E-state index contributed by atoms with van der Waals surface area (Å²) in [5, 5.41) is 0. The molecule has 0 unspecified atom stereocenters. The van der Waals surface area contributed by atoms with Gasteiger partial charge in [0.15, 0.2) is 5.71 Å². The zero-order valence-corrected chi connectivity index (χ0v) is 9.41. The lowest BCUT2D eigenvalue weighted by molar-refractivity contribution is -0.134. The zero-order valence-electron chi connectivity index (χ0n) is 8.60. The SMILES string of the molecule is CCOC(=O)C1=Nc2ccccc2C1=S=O. The number of ether oxygens (including phenoxy) is 1. The van der Waals surface area contributed by atoms with Crippen LogP contribution in [-0.2, 0) is 20.8 Å². The smallest absolute Gasteiger partial charge is 0.358 e. The molecule has 1 aromatic rings. The van der Waals surface area contributed by atoms with Crippen LogP contribution in [0.25, 0.3) is 0 Å². The van der Waals surface area contributed by atoms with Crippen LogP contribution in [0.15, 0.2) is 29.3 Å². The molecule has 5 heteroatoms. The summed E-state index contributed by atoms with van der Waals surface area (Å²) in [6.45, 7) is 1.98. The van der Waals surface area contributed by atoms with Crippen LogP contribution in [-0.4, -0.2) is 27.4 Å². The molecule has 1 aromatic carbocycles. The lowest BCUT2D eigenvalue weighted by atomic mass is 10.1. The van der Waals surface area contributed by atoms with Crippen LogP contribution < -0.4 is 0 Å². The number of rotatable bonds is 2. The van der Waals surface area contributed by atoms with Gasteiger partial charge in [-0.05, 0) is 13.0 Å². The predicted octanol–water partition coefficient (Wildman–Crippen LogP) is 1.07. The van der Waals surface area contributed by atoms with Crippen molar-refractivity contribution in [2.45, 2.75) is 6.92 Å². The second kappa shape index (κ2) is 4.40. The summed E-state index contributed by atoms with van der Waals surface area (Å²) in [5.74, 6) is -0.544. The summed E-state index contributed by atoms with van der Waals surface area (Å²) in [7, 11) is 0. The Balaban J connectivity index is 2.46. The van der Waals surface area contributed by atoms with Gasteiger partial charge in [-0.2, -0.15) is 0 Å². The summed E-state index contributed by atoms with van der Waals surface area (Å²) >= 11 is 0.272. The quantitative estimate of drug-likeness (QED) is 0.569. The molecule has 0 N–H and O–H groups in total. The molecule has 0 saturated heterocycles. The average Bonchev–Trinajstić information content (AvgIpc) is 2.67. The number of fused-ring (bicyclic) bond motifs is 1. The second-order valence-electron chi connectivity index (χ2n) is 3.11. The Hall–Kier alpha value is -1.75. The van der Waals surface area contributed by atoms with Crippen LogP contribution in [0.5, 0.6) is 0 Å². The fourth-order valence-corrected chi connectivity index (χ4v) is 1.95. The average molecular weight is 235 g/mol. The molecule has 0 aliphatic carbocycles. The van der Waals surface area contributed by atoms with Crippen LogP contribution in [0.3, 0.4) is 0 Å². The fraction of sp³-hybridized carbons (Fsp3) is 0.182. The van der Waals surface area contributed by atoms with E-state index in [4.69, 9.17) is 4.74 Å². The van der Waals surface area contributed by atoms with Gasteiger partial charge in [-0.25, -0.2) is 14.0 Å². The maximum Gasteiger partial charge on any atom is 0.358 e. The van der Waals surface area contributed by atoms with Crippen LogP contribution in [0, 0.1) is 0 Å². The summed E-state index contributed by atoms with van der Waals surface area (Å²) in [6, 6.07) is 7.14. The maximum absolute atomic E-state index is 11.6. The Morgan fingerprint density at radius 2 is 2.19 bits per heavy atom. The number of carbonyl (C=O) groups is 1. The van der Waals surface area contributed by atoms with Crippen molar-refractivity contribution >= 4 is 33.5 Å². The van der Waals surface area contributed by atoms with Gasteiger partial charge in [0.25, 0.3) is 0 Å². The van der Waals surface area contributed by atoms with Crippen molar-refractivity contribution in [3.8, 4) is 0 Å². The molecule has 0 saturated carbocycles. The molecule has 82 valence electrons. The van der Waals surface area contributed by atoms with E-state index < -0.39 is 5.97 Å². The zero-order chi connectivity index (χ0) is 11.5. The van der Waals surface area contributed by atoms with E-state index in [-0.39, 0.29) is 23.6 Å². The first-order valence-corrected chi connectivity index (χ1v) is 5.54. The number of hydrogen-bond acceptors (Lipinski definition) is 4. The summed E-state index contributed by atoms with van der Waals surface area (Å²) in [4.78, 5) is 16.0. The van der Waals surface area contributed by atoms with Crippen molar-refractivity contribution in [2.75, 3.05) is 6.61 Å². The third-order valence-electron chi connectivity index (χ3n) is 2.15. The van der Waals surface area contributed by atoms with E-state index in [2.05, 4.69) is 4.99 Å². The van der Waals surface area contributed by atoms with Gasteiger partial charge in [-0.15, -0.1) is 0 Å². The summed E-state index contributed by atoms with van der Waals surface area (Å²) in [5.41, 5.74) is 1.46. The minimum Gasteiger partial charge on any atom is -0.461 e. The van der Waals surface area contributed by atoms with E-state index in [1.165, 1.54) is 0 Å². The number of carbonyl (C=O) groups excluding carboxylic acids is 1. The highest BCUT2D eigenvalue weighted by atomic mass is 32.1. The topological polar surface area (TPSA) is 55.7 Å². The molecule has 4 nitrogen and oxygen atoms in total. The molecule has 16 heavy (non-hydrogen) atoms. The van der Waals surface area contributed by atoms with Crippen molar-refractivity contribution in [1.82, 2.24) is 0 Å². The lowest BCUT2D eigenvalue weighted by Crippen LogP contribution is -2.24. The summed E-state index contributed by atoms with van der Waals surface area (Å²) in [6.07, 6.45) is 0. The standard InChI is InChI=1S/C11H9NO3S/c1-2-15-11(13)9-10(16-14)7-5-3-4-6-8(7)12-9/h3-6H,2H2,1H3. The van der Waals surface area contributed by atoms with Gasteiger partial charge < -0.3 is 4.74 Å². The van der Waals surface area contributed by atoms with Crippen molar-refractivity contribution in [2.24, 2.45) is 4.99 Å². The van der Waals surface area contributed by atoms with Gasteiger partial charge in [0.05, 0.1) is 23.5 Å². The van der Waals surface area contributed by atoms with Crippen molar-refractivity contribution in [3.63, 3.8) is 0 Å². The normalized spacial score (nSPS) is 13.1. The van der Waals surface area contributed by atoms with Gasteiger partial charge in [0.2, 0.25) is 0 Å². The van der Waals surface area contributed by atoms with Crippen molar-refractivity contribution in [1.29, 1.82) is 0 Å². The van der Waals surface area contributed by atoms with E-state index in [1.807, 2.05) is 6.07 Å². The molecule has 2 rings (SSSR count). The van der Waals surface area contributed by atoms with Gasteiger partial charge in [-0.3, -0.25) is 0 Å². The molecule has 1 aliphatic heterocycles. The third kappa shape index (κ3) is 1.69. The molecule has 0 spiro atoms. The van der Waals surface area contributed by atoms with Crippen LogP contribution >= 0.6 is 0 Å². The van der Waals surface area contributed by atoms with E-state index in [0.717, 1.165) is 0 Å². The van der Waals surface area contributed by atoms with Crippen LogP contribution in [0.2, 0.25) is 0 Å². The predicted molar refractivity (Wildman–Crippen MR) is 62.4 cm³/mol. The van der Waals surface area contributed by atoms with Gasteiger partial charge in [0, 0.05) is 5.56 Å². The van der Waals surface area contributed by atoms with Gasteiger partial charge in [0.1, 0.15) is 4.86 Å². The minimum absolute atomic E-state index is 0.114. The molecule has 0 bridgehead atoms. The number of para-hydroxylation sites is 1. The number of benzene rings is 1. The van der Waals surface area contributed by atoms with E-state index >= 15 is 0 Å². The Labute approximate surface area is 96.0 Å². The van der Waals surface area contributed by atoms with E-state index in [9.17, 15) is 9.00 Å². The van der Waals surface area contributed by atoms with E-state index in [1.54, 1.807) is 25.1 Å². The Bertz CT molecular complexity index is 530. The minimum atomic E-state index is -0.544. The number of esters is 1. The van der Waals surface area contributed by atoms with Gasteiger partial charge >= 0.3 is 5.97 Å². The fourth-order valence-electron chi connectivity index (χ4n) is 1.48. The molecule has 0 aromatic heterocycles. The molecule has 0 atom stereocenters. The van der Waals surface area contributed by atoms with Gasteiger partial charge in [-0.1, -0.05) is 18.2 Å². The molecule has 1 aliphatic rings. The molecule has 0 radical (unpaired) electrons. The van der Waals surface area contributed by atoms with E-state index in [0.29, 0.717) is 16.1 Å². The summed E-state index contributed by atoms with van der Waals surface area (Å²) < 4.78 is 15.9. The highest BCUT2D eigenvalue weighted by molar-refractivity contribution is 7.69. The monoisotopic (exact) mass is 235 g/mol. The molecule has 1 heterocycles. The molecule has 0 fully saturated rings. The third-order valence-corrected chi connectivity index (χ3v) is 2.73. The Morgan fingerprint density at radius 1 is 1.44 bits per heavy atom.